The maximum atomic E-state index is 11.7. The van der Waals surface area contributed by atoms with E-state index in [0.717, 1.165) is 19.4 Å². The second-order valence-electron chi connectivity index (χ2n) is 5.43. The topological polar surface area (TPSA) is 64.3 Å². The molecule has 0 fully saturated rings. The van der Waals surface area contributed by atoms with Gasteiger partial charge in [-0.3, -0.25) is 4.79 Å². The van der Waals surface area contributed by atoms with Crippen molar-refractivity contribution in [3.05, 3.63) is 0 Å². The molecule has 4 heteroatoms. The predicted molar refractivity (Wildman–Crippen MR) is 70.8 cm³/mol. The predicted octanol–water partition coefficient (Wildman–Crippen LogP) is 1.68. The third-order valence-corrected chi connectivity index (χ3v) is 2.66. The third kappa shape index (κ3) is 8.16. The largest absolute Gasteiger partial charge is 0.381 e. The molecule has 0 spiro atoms. The first kappa shape index (κ1) is 16.4. The first-order valence-electron chi connectivity index (χ1n) is 6.49. The lowest BCUT2D eigenvalue weighted by molar-refractivity contribution is -0.123. The molecule has 0 saturated heterocycles. The molecule has 3 N–H and O–H groups in total. The van der Waals surface area contributed by atoms with Gasteiger partial charge in [-0.05, 0) is 24.8 Å². The van der Waals surface area contributed by atoms with Crippen molar-refractivity contribution in [1.82, 2.24) is 5.32 Å². The third-order valence-electron chi connectivity index (χ3n) is 2.66. The second kappa shape index (κ2) is 8.48. The van der Waals surface area contributed by atoms with Crippen LogP contribution in [-0.4, -0.2) is 31.7 Å². The van der Waals surface area contributed by atoms with E-state index in [1.807, 2.05) is 0 Å². The summed E-state index contributed by atoms with van der Waals surface area (Å²) in [4.78, 5) is 11.7. The lowest BCUT2D eigenvalue weighted by Crippen LogP contribution is -2.45. The molecule has 0 aromatic rings. The number of amides is 1. The zero-order valence-corrected chi connectivity index (χ0v) is 11.7. The van der Waals surface area contributed by atoms with Crippen LogP contribution in [0.4, 0.5) is 0 Å². The van der Waals surface area contributed by atoms with Crippen molar-refractivity contribution in [3.8, 4) is 0 Å². The Morgan fingerprint density at radius 3 is 2.47 bits per heavy atom. The van der Waals surface area contributed by atoms with Crippen LogP contribution in [0.2, 0.25) is 0 Å². The van der Waals surface area contributed by atoms with Gasteiger partial charge in [0.2, 0.25) is 5.91 Å². The monoisotopic (exact) mass is 244 g/mol. The van der Waals surface area contributed by atoms with Crippen molar-refractivity contribution in [2.75, 3.05) is 19.8 Å². The Labute approximate surface area is 105 Å². The number of ether oxygens (including phenoxy) is 1. The number of hydrogen-bond donors (Lipinski definition) is 2. The van der Waals surface area contributed by atoms with Crippen LogP contribution >= 0.6 is 0 Å². The lowest BCUT2D eigenvalue weighted by atomic mass is 9.84. The van der Waals surface area contributed by atoms with E-state index in [1.54, 1.807) is 0 Å². The van der Waals surface area contributed by atoms with E-state index in [1.165, 1.54) is 0 Å². The Balaban J connectivity index is 3.96. The molecule has 0 heterocycles. The first-order chi connectivity index (χ1) is 7.91. The first-order valence-corrected chi connectivity index (χ1v) is 6.49. The molecule has 102 valence electrons. The molecule has 1 unspecified atom stereocenters. The molecule has 0 rings (SSSR count). The van der Waals surface area contributed by atoms with Gasteiger partial charge in [0.1, 0.15) is 0 Å². The fourth-order valence-electron chi connectivity index (χ4n) is 1.57. The van der Waals surface area contributed by atoms with E-state index < -0.39 is 0 Å². The zero-order valence-electron chi connectivity index (χ0n) is 11.7. The molecule has 0 saturated carbocycles. The second-order valence-corrected chi connectivity index (χ2v) is 5.43. The van der Waals surface area contributed by atoms with E-state index in [4.69, 9.17) is 10.5 Å². The van der Waals surface area contributed by atoms with Gasteiger partial charge in [0.15, 0.2) is 0 Å². The Hall–Kier alpha value is -0.610. The Kier molecular flexibility index (Phi) is 8.17. The molecule has 1 atom stereocenters. The summed E-state index contributed by atoms with van der Waals surface area (Å²) in [5, 5.41) is 3.04. The smallest absolute Gasteiger partial charge is 0.222 e. The van der Waals surface area contributed by atoms with Crippen molar-refractivity contribution in [1.29, 1.82) is 0 Å². The fraction of sp³-hybridized carbons (Fsp3) is 0.923. The van der Waals surface area contributed by atoms with Gasteiger partial charge >= 0.3 is 0 Å². The van der Waals surface area contributed by atoms with E-state index >= 15 is 0 Å². The van der Waals surface area contributed by atoms with E-state index in [2.05, 4.69) is 33.0 Å². The quantitative estimate of drug-likeness (QED) is 0.639. The van der Waals surface area contributed by atoms with Crippen LogP contribution in [0, 0.1) is 5.41 Å². The standard InChI is InChI=1S/C13H28N2O2/c1-5-9-17-10-7-12(16)15-11(6-8-14)13(2,3)4/h11H,5-10,14H2,1-4H3,(H,15,16). The fourth-order valence-corrected chi connectivity index (χ4v) is 1.57. The summed E-state index contributed by atoms with van der Waals surface area (Å²) < 4.78 is 5.30. The van der Waals surface area contributed by atoms with Gasteiger partial charge in [-0.2, -0.15) is 0 Å². The van der Waals surface area contributed by atoms with Gasteiger partial charge in [-0.25, -0.2) is 0 Å². The highest BCUT2D eigenvalue weighted by molar-refractivity contribution is 5.76. The summed E-state index contributed by atoms with van der Waals surface area (Å²) in [7, 11) is 0. The minimum atomic E-state index is 0.0410. The molecule has 0 aliphatic heterocycles. The molecule has 0 bridgehead atoms. The minimum Gasteiger partial charge on any atom is -0.381 e. The Morgan fingerprint density at radius 2 is 2.00 bits per heavy atom. The molecule has 17 heavy (non-hydrogen) atoms. The number of hydrogen-bond acceptors (Lipinski definition) is 3. The van der Waals surface area contributed by atoms with Gasteiger partial charge in [0.05, 0.1) is 6.61 Å². The van der Waals surface area contributed by atoms with E-state index in [-0.39, 0.29) is 17.4 Å². The van der Waals surface area contributed by atoms with Crippen LogP contribution in [-0.2, 0) is 9.53 Å². The molecule has 0 radical (unpaired) electrons. The van der Waals surface area contributed by atoms with Crippen LogP contribution in [0.3, 0.4) is 0 Å². The average Bonchev–Trinajstić information content (AvgIpc) is 2.22. The van der Waals surface area contributed by atoms with Crippen LogP contribution in [0.1, 0.15) is 47.0 Å². The van der Waals surface area contributed by atoms with Crippen LogP contribution < -0.4 is 11.1 Å². The van der Waals surface area contributed by atoms with Crippen LogP contribution in [0.5, 0.6) is 0 Å². The van der Waals surface area contributed by atoms with Crippen LogP contribution in [0.15, 0.2) is 0 Å². The molecule has 0 aliphatic carbocycles. The van der Waals surface area contributed by atoms with Gasteiger partial charge in [-0.15, -0.1) is 0 Å². The summed E-state index contributed by atoms with van der Waals surface area (Å²) in [6, 6.07) is 0.131. The van der Waals surface area contributed by atoms with Crippen molar-refractivity contribution in [3.63, 3.8) is 0 Å². The number of nitrogens with one attached hydrogen (secondary N) is 1. The van der Waals surface area contributed by atoms with Crippen molar-refractivity contribution in [2.45, 2.75) is 53.0 Å². The summed E-state index contributed by atoms with van der Waals surface area (Å²) in [6.07, 6.45) is 2.22. The minimum absolute atomic E-state index is 0.0410. The highest BCUT2D eigenvalue weighted by atomic mass is 16.5. The SMILES string of the molecule is CCCOCCC(=O)NC(CCN)C(C)(C)C. The number of carbonyl (C=O) groups excluding carboxylic acids is 1. The number of carbonyl (C=O) groups is 1. The molecule has 0 aromatic heterocycles. The Bertz CT molecular complexity index is 212. The summed E-state index contributed by atoms with van der Waals surface area (Å²) in [6.45, 7) is 10.2. The summed E-state index contributed by atoms with van der Waals surface area (Å²) in [5.74, 6) is 0.0504. The number of nitrogens with two attached hydrogens (primary N) is 1. The average molecular weight is 244 g/mol. The molecule has 0 aromatic carbocycles. The lowest BCUT2D eigenvalue weighted by Gasteiger charge is -2.31. The van der Waals surface area contributed by atoms with Crippen LogP contribution in [0.25, 0.3) is 0 Å². The zero-order chi connectivity index (χ0) is 13.3. The highest BCUT2D eigenvalue weighted by Gasteiger charge is 2.25. The van der Waals surface area contributed by atoms with Crippen molar-refractivity contribution >= 4 is 5.91 Å². The van der Waals surface area contributed by atoms with E-state index in [9.17, 15) is 4.79 Å². The maximum absolute atomic E-state index is 11.7. The van der Waals surface area contributed by atoms with Gasteiger partial charge < -0.3 is 15.8 Å². The van der Waals surface area contributed by atoms with Gasteiger partial charge in [-0.1, -0.05) is 27.7 Å². The number of rotatable bonds is 8. The normalized spacial score (nSPS) is 13.5. The maximum Gasteiger partial charge on any atom is 0.222 e. The van der Waals surface area contributed by atoms with Crippen molar-refractivity contribution < 1.29 is 9.53 Å². The van der Waals surface area contributed by atoms with Gasteiger partial charge in [0, 0.05) is 19.1 Å². The van der Waals surface area contributed by atoms with E-state index in [0.29, 0.717) is 19.6 Å². The molecule has 0 aliphatic rings. The summed E-state index contributed by atoms with van der Waals surface area (Å²) >= 11 is 0. The van der Waals surface area contributed by atoms with Gasteiger partial charge in [0.25, 0.3) is 0 Å². The van der Waals surface area contributed by atoms with Crippen molar-refractivity contribution in [2.24, 2.45) is 11.1 Å². The highest BCUT2D eigenvalue weighted by Crippen LogP contribution is 2.21. The Morgan fingerprint density at radius 1 is 1.35 bits per heavy atom. The summed E-state index contributed by atoms with van der Waals surface area (Å²) in [5.41, 5.74) is 5.61. The molecule has 4 nitrogen and oxygen atoms in total. The molecule has 1 amide bonds. The molecular formula is C13H28N2O2. The molecular weight excluding hydrogens is 216 g/mol.